The van der Waals surface area contributed by atoms with Crippen LogP contribution in [0.4, 0.5) is 67.8 Å². The van der Waals surface area contributed by atoms with Gasteiger partial charge < -0.3 is 32.5 Å². The minimum absolute atomic E-state index is 0.0121. The minimum Gasteiger partial charge on any atom is -0.460 e. The maximum atomic E-state index is 7.55. The van der Waals surface area contributed by atoms with E-state index in [1.807, 2.05) is 11.3 Å². The molecule has 7 aliphatic rings. The topological polar surface area (TPSA) is 57.3 Å². The molecule has 626 valence electrons. The van der Waals surface area contributed by atoms with Gasteiger partial charge in [-0.15, -0.1) is 11.3 Å². The summed E-state index contributed by atoms with van der Waals surface area (Å²) in [6.45, 7) is 49.4. The maximum Gasteiger partial charge on any atom is 0.256 e. The van der Waals surface area contributed by atoms with Gasteiger partial charge in [-0.05, 0) is 253 Å². The van der Waals surface area contributed by atoms with Crippen molar-refractivity contribution in [3.05, 3.63) is 304 Å². The van der Waals surface area contributed by atoms with Gasteiger partial charge in [-0.25, -0.2) is 0 Å². The van der Waals surface area contributed by atoms with E-state index < -0.39 is 0 Å². The van der Waals surface area contributed by atoms with Crippen molar-refractivity contribution < 1.29 is 13.3 Å². The molecule has 17 aromatic rings. The van der Waals surface area contributed by atoms with Crippen LogP contribution < -0.4 is 52.4 Å². The van der Waals surface area contributed by atoms with Crippen LogP contribution in [-0.2, 0) is 43.3 Å². The van der Waals surface area contributed by atoms with Crippen LogP contribution in [0.2, 0.25) is 0 Å². The van der Waals surface area contributed by atoms with Crippen LogP contribution >= 0.6 is 11.3 Å². The summed E-state index contributed by atoms with van der Waals surface area (Å²) in [6.07, 6.45) is 4.40. The standard InChI is InChI=1S/C63H60BN3O2.C52H51BN2OS/c1-37-32-51-56-52(33-37)67(41-26-22-39(23-27-41)61(5,6)7)59-57(55-58(69-59)63(10,11)31-30-62(55,8)9)64(56)47-35-46-45-29-28-42(66-48-18-14-12-16-43(48)44-17-13-15-19-49(44)66)34-53(45)68-54(46)36-50(47)65(51)40-24-20-38(21-25-40)60(2,3)4;1-30-25-39-44-40(26-30)55(33-19-15-12-16-20-33)48-45(43-46(57-48)34-27-31(49(2,3)4)21-22-36(34)52(43,9)10)53(44)37-28-35-41(29-38(37)54(39)32-17-13-11-14-18-32)56-47-42(35)50(5,6)23-24-51(47,7)8/h12-29,32-36H,30-31H2,1-11H3;11-22,25-29H,23-24H2,1-10H3. The van der Waals surface area contributed by atoms with Gasteiger partial charge in [0.05, 0.1) is 16.0 Å². The van der Waals surface area contributed by atoms with E-state index in [4.69, 9.17) is 13.3 Å². The number of aromatic nitrogens is 1. The first-order valence-corrected chi connectivity index (χ1v) is 46.7. The van der Waals surface area contributed by atoms with E-state index in [-0.39, 0.29) is 56.7 Å². The lowest BCUT2D eigenvalue weighted by molar-refractivity contribution is 0.280. The molecule has 0 saturated carbocycles. The molecule has 0 fully saturated rings. The van der Waals surface area contributed by atoms with Gasteiger partial charge >= 0.3 is 0 Å². The highest BCUT2D eigenvalue weighted by Gasteiger charge is 2.56. The van der Waals surface area contributed by atoms with Crippen molar-refractivity contribution in [2.45, 2.75) is 214 Å². The minimum atomic E-state index is -0.183. The van der Waals surface area contributed by atoms with Crippen molar-refractivity contribution in [2.24, 2.45) is 0 Å². The van der Waals surface area contributed by atoms with Gasteiger partial charge in [-0.1, -0.05) is 253 Å². The summed E-state index contributed by atoms with van der Waals surface area (Å²) in [5, 5.41) is 7.35. The molecule has 5 aromatic heterocycles. The van der Waals surface area contributed by atoms with E-state index >= 15 is 0 Å². The molecule has 0 N–H and O–H groups in total. The second-order valence-corrected chi connectivity index (χ2v) is 44.9. The summed E-state index contributed by atoms with van der Waals surface area (Å²) in [5.41, 5.74) is 39.3. The van der Waals surface area contributed by atoms with E-state index in [0.29, 0.717) is 0 Å². The first-order valence-electron chi connectivity index (χ1n) is 45.8. The van der Waals surface area contributed by atoms with Crippen LogP contribution in [-0.4, -0.2) is 18.0 Å². The average molecular weight is 1660 g/mol. The van der Waals surface area contributed by atoms with Gasteiger partial charge in [-0.2, -0.15) is 0 Å². The Kier molecular flexibility index (Phi) is 16.6. The Morgan fingerprint density at radius 3 is 1.30 bits per heavy atom. The van der Waals surface area contributed by atoms with E-state index in [0.717, 1.165) is 93.3 Å². The number of hydrogen-bond donors (Lipinski definition) is 0. The Morgan fingerprint density at radius 1 is 0.325 bits per heavy atom. The molecule has 0 amide bonds. The second kappa shape index (κ2) is 26.6. The maximum absolute atomic E-state index is 7.55. The smallest absolute Gasteiger partial charge is 0.256 e. The summed E-state index contributed by atoms with van der Waals surface area (Å²) < 4.78 is 24.1. The third-order valence-corrected chi connectivity index (χ3v) is 31.3. The molecule has 0 saturated heterocycles. The fourth-order valence-corrected chi connectivity index (χ4v) is 24.8. The van der Waals surface area contributed by atoms with Crippen molar-refractivity contribution in [1.29, 1.82) is 0 Å². The molecule has 24 rings (SSSR count). The van der Waals surface area contributed by atoms with Gasteiger partial charge in [0, 0.05) is 134 Å². The fraction of sp³-hybridized carbons (Fsp3) is 0.287. The van der Waals surface area contributed by atoms with Crippen LogP contribution in [0, 0.1) is 13.8 Å². The zero-order valence-corrected chi connectivity index (χ0v) is 77.8. The number of benzene rings is 12. The molecule has 0 atom stereocenters. The molecule has 12 aromatic carbocycles. The molecular formula is C115H111B2N5O3S. The quantitative estimate of drug-likeness (QED) is 0.159. The molecule has 0 radical (unpaired) electrons. The van der Waals surface area contributed by atoms with E-state index in [1.54, 1.807) is 0 Å². The second-order valence-electron chi connectivity index (χ2n) is 43.9. The number of furan rings is 3. The van der Waals surface area contributed by atoms with Gasteiger partial charge in [0.15, 0.2) is 5.88 Å². The molecule has 0 bridgehead atoms. The molecule has 11 heteroatoms. The predicted molar refractivity (Wildman–Crippen MR) is 536 cm³/mol. The van der Waals surface area contributed by atoms with Gasteiger partial charge in [0.25, 0.3) is 13.4 Å². The molecule has 0 unspecified atom stereocenters. The fourth-order valence-electron chi connectivity index (χ4n) is 23.3. The molecule has 3 aliphatic carbocycles. The molecule has 8 nitrogen and oxygen atoms in total. The summed E-state index contributed by atoms with van der Waals surface area (Å²) >= 11 is 2.00. The average Bonchev–Trinajstić information content (AvgIpc) is 1.49. The number of fused-ring (bicyclic) bond motifs is 23. The highest BCUT2D eigenvalue weighted by atomic mass is 32.1. The number of aryl methyl sites for hydroxylation is 2. The molecule has 4 aliphatic heterocycles. The van der Waals surface area contributed by atoms with E-state index in [9.17, 15) is 0 Å². The number of anilines is 12. The first kappa shape index (κ1) is 78.8. The summed E-state index contributed by atoms with van der Waals surface area (Å²) in [7, 11) is 0. The molecule has 126 heavy (non-hydrogen) atoms. The Hall–Kier alpha value is -11.9. The lowest BCUT2D eigenvalue weighted by Gasteiger charge is -2.44. The molecular weight excluding hydrogens is 1550 g/mol. The SMILES string of the molecule is Cc1cc2c3c(c1)N(c1ccc(C(C)(C)C)cc1)c1oc4c(c1B3c1cc3c(cc1N2c1ccc(C(C)(C)C)cc1)oc1cc(-n2c5ccccc5c5ccccc52)ccc13)C(C)(C)CCC4(C)C.Cc1cc2c3c(c1)N(c1ccccc1)c1sc4c(c1B3c1cc3c5c(oc3cc1N2c1ccccc1)C(C)(C)CCC5(C)C)C(C)(C)c1ccc(C(C)(C)C)cc1-4. The van der Waals surface area contributed by atoms with Crippen molar-refractivity contribution in [1.82, 2.24) is 4.57 Å². The lowest BCUT2D eigenvalue weighted by Crippen LogP contribution is -2.62. The van der Waals surface area contributed by atoms with Gasteiger partial charge in [0.2, 0.25) is 0 Å². The third kappa shape index (κ3) is 11.4. The highest BCUT2D eigenvalue weighted by Crippen LogP contribution is 2.60. The Labute approximate surface area is 747 Å². The molecule has 9 heterocycles. The van der Waals surface area contributed by atoms with Crippen molar-refractivity contribution in [2.75, 3.05) is 19.6 Å². The van der Waals surface area contributed by atoms with Crippen molar-refractivity contribution in [3.63, 3.8) is 0 Å². The van der Waals surface area contributed by atoms with Crippen LogP contribution in [0.5, 0.6) is 0 Å². The highest BCUT2D eigenvalue weighted by molar-refractivity contribution is 7.23. The Morgan fingerprint density at radius 2 is 0.754 bits per heavy atom. The number of nitrogens with zero attached hydrogens (tertiary/aromatic N) is 5. The van der Waals surface area contributed by atoms with E-state index in [2.05, 4.69) is 412 Å². The lowest BCUT2D eigenvalue weighted by atomic mass is 9.32. The Bertz CT molecular complexity index is 7430. The summed E-state index contributed by atoms with van der Waals surface area (Å²) in [4.78, 5) is 11.5. The van der Waals surface area contributed by atoms with Crippen LogP contribution in [0.15, 0.2) is 256 Å². The van der Waals surface area contributed by atoms with Crippen LogP contribution in [0.25, 0.3) is 70.8 Å². The number of para-hydroxylation sites is 4. The zero-order valence-electron chi connectivity index (χ0n) is 76.9. The number of thiophene rings is 1. The van der Waals surface area contributed by atoms with Crippen molar-refractivity contribution in [3.8, 4) is 16.1 Å². The monoisotopic (exact) mass is 1660 g/mol. The Balaban J connectivity index is 0.000000148. The van der Waals surface area contributed by atoms with E-state index in [1.165, 1.54) is 165 Å². The molecule has 0 spiro atoms. The predicted octanol–water partition coefficient (Wildman–Crippen LogP) is 28.4. The van der Waals surface area contributed by atoms with Crippen molar-refractivity contribution >= 4 is 180 Å². The normalized spacial score (nSPS) is 16.9. The van der Waals surface area contributed by atoms with Gasteiger partial charge in [-0.3, -0.25) is 4.90 Å². The van der Waals surface area contributed by atoms with Crippen LogP contribution in [0.1, 0.15) is 219 Å². The third-order valence-electron chi connectivity index (χ3n) is 30.1. The first-order chi connectivity index (χ1) is 59.9. The number of rotatable bonds is 5. The summed E-state index contributed by atoms with van der Waals surface area (Å²) in [6, 6.07) is 91.6. The zero-order chi connectivity index (χ0) is 87.2. The van der Waals surface area contributed by atoms with Gasteiger partial charge in [0.1, 0.15) is 28.3 Å². The summed E-state index contributed by atoms with van der Waals surface area (Å²) in [5.74, 6) is 3.24. The largest absolute Gasteiger partial charge is 0.460 e. The van der Waals surface area contributed by atoms with Crippen LogP contribution in [0.3, 0.4) is 0 Å². The number of hydrogen-bond acceptors (Lipinski definition) is 8.